The van der Waals surface area contributed by atoms with Gasteiger partial charge in [0.2, 0.25) is 0 Å². The fourth-order valence-electron chi connectivity index (χ4n) is 5.78. The highest BCUT2D eigenvalue weighted by Crippen LogP contribution is 2.35. The van der Waals surface area contributed by atoms with Gasteiger partial charge in [-0.1, -0.05) is 24.9 Å². The minimum atomic E-state index is -2.10. The van der Waals surface area contributed by atoms with Crippen LogP contribution in [0.1, 0.15) is 84.0 Å². The number of ether oxygens (including phenoxy) is 11. The summed E-state index contributed by atoms with van der Waals surface area (Å²) in [6.45, 7) is -0.222. The van der Waals surface area contributed by atoms with Crippen LogP contribution in [0.15, 0.2) is 18.2 Å². The number of carbonyl (C=O) groups is 8. The quantitative estimate of drug-likeness (QED) is 0.133. The van der Waals surface area contributed by atoms with Gasteiger partial charge in [-0.2, -0.15) is 0 Å². The predicted octanol–water partition coefficient (Wildman–Crippen LogP) is 1.87. The fourth-order valence-corrected chi connectivity index (χ4v) is 6.02. The molecule has 2 aliphatic heterocycles. The molecule has 1 N–H and O–H groups in total. The fraction of sp³-hybridized carbons (Fsp3) is 0.622. The highest BCUT2D eigenvalue weighted by Gasteiger charge is 2.57. The van der Waals surface area contributed by atoms with E-state index >= 15 is 0 Å². The van der Waals surface area contributed by atoms with Crippen molar-refractivity contribution in [2.75, 3.05) is 19.8 Å². The van der Waals surface area contributed by atoms with Crippen molar-refractivity contribution in [1.29, 1.82) is 0 Å². The molecular formula is C37H48ClNO19. The van der Waals surface area contributed by atoms with E-state index in [1.807, 2.05) is 6.92 Å². The summed E-state index contributed by atoms with van der Waals surface area (Å²) < 4.78 is 91.5. The molecule has 0 bridgehead atoms. The zero-order valence-electron chi connectivity index (χ0n) is 36.0. The second kappa shape index (κ2) is 22.2. The Kier molecular flexibility index (Phi) is 15.7. The second-order valence-electron chi connectivity index (χ2n) is 12.6. The van der Waals surface area contributed by atoms with Gasteiger partial charge in [-0.05, 0) is 24.6 Å². The highest BCUT2D eigenvalue weighted by atomic mass is 35.5. The maximum atomic E-state index is 13.7. The monoisotopic (exact) mass is 849 g/mol. The minimum Gasteiger partial charge on any atom is -0.492 e. The van der Waals surface area contributed by atoms with Crippen LogP contribution in [-0.2, 0) is 80.9 Å². The van der Waals surface area contributed by atoms with Gasteiger partial charge in [0.1, 0.15) is 37.3 Å². The number of rotatable bonds is 17. The summed E-state index contributed by atoms with van der Waals surface area (Å²) in [5.74, 6) is -8.33. The van der Waals surface area contributed by atoms with Crippen LogP contribution in [0.5, 0.6) is 5.75 Å². The molecule has 1 aromatic rings. The standard InChI is InChI=1S/C37H48ClNO19/c1-9-10-13-48-26-12-11-24(14-25(26)38)35(47)39-36-33(54-22(7)45)31(52-20(5)43)30(27(56-36)15-49-17(2)40)58-37-34(55-23(8)46)32(53-21(6)44)29(51-19(4)42)28(57-37)16-50-18(3)41/h11-12,14,27-34,36-37H,9-10,13,15-16H2,1-8H3,(H,39,47)/t27-,28-,29-,30-,31+,32+,33-,34-,36-,37?/m1/s1/i3D,4D,6D,8D. The lowest BCUT2D eigenvalue weighted by Crippen LogP contribution is -2.68. The van der Waals surface area contributed by atoms with Crippen molar-refractivity contribution in [2.24, 2.45) is 0 Å². The number of esters is 7. The maximum Gasteiger partial charge on any atom is 0.303 e. The van der Waals surface area contributed by atoms with E-state index in [9.17, 15) is 38.4 Å². The molecule has 2 heterocycles. The average Bonchev–Trinajstić information content (AvgIpc) is 3.23. The molecule has 10 atom stereocenters. The largest absolute Gasteiger partial charge is 0.492 e. The molecule has 2 fully saturated rings. The molecule has 322 valence electrons. The highest BCUT2D eigenvalue weighted by molar-refractivity contribution is 6.32. The van der Waals surface area contributed by atoms with Crippen molar-refractivity contribution in [3.05, 3.63) is 28.8 Å². The summed E-state index contributed by atoms with van der Waals surface area (Å²) >= 11 is 6.39. The molecule has 0 saturated carbocycles. The lowest BCUT2D eigenvalue weighted by Gasteiger charge is -2.48. The van der Waals surface area contributed by atoms with Gasteiger partial charge in [0.05, 0.1) is 11.6 Å². The Labute approximate surface area is 344 Å². The van der Waals surface area contributed by atoms with Gasteiger partial charge in [-0.3, -0.25) is 38.4 Å². The first-order chi connectivity index (χ1) is 29.5. The molecule has 1 aromatic carbocycles. The van der Waals surface area contributed by atoms with Gasteiger partial charge in [-0.25, -0.2) is 0 Å². The Hall–Kier alpha value is -5.05. The molecule has 20 nitrogen and oxygen atoms in total. The second-order valence-corrected chi connectivity index (χ2v) is 13.0. The predicted molar refractivity (Wildman–Crippen MR) is 193 cm³/mol. The third-order valence-electron chi connectivity index (χ3n) is 8.01. The average molecular weight is 850 g/mol. The third kappa shape index (κ3) is 14.1. The molecular weight excluding hydrogens is 798 g/mol. The molecule has 58 heavy (non-hydrogen) atoms. The van der Waals surface area contributed by atoms with Gasteiger partial charge in [0.15, 0.2) is 43.0 Å². The van der Waals surface area contributed by atoms with E-state index in [0.717, 1.165) is 33.6 Å². The molecule has 21 heteroatoms. The molecule has 0 radical (unpaired) electrons. The Morgan fingerprint density at radius 1 is 0.672 bits per heavy atom. The topological polar surface area (TPSA) is 250 Å². The van der Waals surface area contributed by atoms with Gasteiger partial charge in [0.25, 0.3) is 5.91 Å². The number of benzene rings is 1. The number of halogens is 1. The minimum absolute atomic E-state index is 0.0253. The van der Waals surface area contributed by atoms with Crippen LogP contribution in [0.25, 0.3) is 0 Å². The Bertz CT molecular complexity index is 1760. The molecule has 0 spiro atoms. The normalized spacial score (nSPS) is 27.4. The van der Waals surface area contributed by atoms with Crippen LogP contribution in [0.2, 0.25) is 5.02 Å². The van der Waals surface area contributed by atoms with Crippen molar-refractivity contribution in [1.82, 2.24) is 5.32 Å². The van der Waals surface area contributed by atoms with Crippen LogP contribution < -0.4 is 10.1 Å². The van der Waals surface area contributed by atoms with Crippen LogP contribution in [0.3, 0.4) is 0 Å². The Morgan fingerprint density at radius 2 is 1.21 bits per heavy atom. The van der Waals surface area contributed by atoms with Crippen molar-refractivity contribution in [3.63, 3.8) is 0 Å². The van der Waals surface area contributed by atoms with Crippen molar-refractivity contribution in [3.8, 4) is 5.75 Å². The summed E-state index contributed by atoms with van der Waals surface area (Å²) in [7, 11) is 0. The zero-order valence-corrected chi connectivity index (χ0v) is 32.8. The zero-order chi connectivity index (χ0) is 46.1. The Balaban J connectivity index is 2.18. The van der Waals surface area contributed by atoms with Gasteiger partial charge in [0, 0.05) is 59.4 Å². The van der Waals surface area contributed by atoms with Gasteiger partial charge < -0.3 is 57.4 Å². The first kappa shape index (κ1) is 41.1. The molecule has 3 rings (SSSR count). The lowest BCUT2D eigenvalue weighted by molar-refractivity contribution is -0.345. The molecule has 1 unspecified atom stereocenters. The number of carbonyl (C=O) groups excluding carboxylic acids is 8. The van der Waals surface area contributed by atoms with E-state index in [1.54, 1.807) is 0 Å². The molecule has 0 aliphatic carbocycles. The SMILES string of the molecule is [2H]CC(=O)OC[C@H]1OC(O[C@H]2[C@H](OC(C)=O)[C@@H](OC(C)=O)[C@H](NC(=O)c3ccc(OCCCC)c(Cl)c3)O[C@@H]2COC(C)=O)[C@H](OC(=O)C[2H])[C@@H](OC(=O)C[2H])[C@@H]1OC(=O)C[2H]. The summed E-state index contributed by atoms with van der Waals surface area (Å²) in [6.07, 6.45) is -16.9. The summed E-state index contributed by atoms with van der Waals surface area (Å²) in [6, 6.07) is 4.13. The smallest absolute Gasteiger partial charge is 0.303 e. The van der Waals surface area contributed by atoms with Gasteiger partial charge >= 0.3 is 41.8 Å². The summed E-state index contributed by atoms with van der Waals surface area (Å²) in [4.78, 5) is 101. The number of nitrogens with one attached hydrogen (secondary N) is 1. The van der Waals surface area contributed by atoms with Crippen molar-refractivity contribution < 1.29 is 95.9 Å². The van der Waals surface area contributed by atoms with E-state index in [0.29, 0.717) is 12.4 Å². The first-order valence-electron chi connectivity index (χ1n) is 20.4. The van der Waals surface area contributed by atoms with Crippen LogP contribution in [-0.4, -0.2) is 129 Å². The number of hydrogen-bond acceptors (Lipinski definition) is 19. The van der Waals surface area contributed by atoms with E-state index in [1.165, 1.54) is 18.2 Å². The van der Waals surface area contributed by atoms with Crippen molar-refractivity contribution >= 4 is 59.3 Å². The molecule has 1 amide bonds. The van der Waals surface area contributed by atoms with E-state index in [2.05, 4.69) is 5.32 Å². The molecule has 2 aliphatic rings. The lowest BCUT2D eigenvalue weighted by atomic mass is 9.95. The van der Waals surface area contributed by atoms with E-state index < -0.39 is 150 Å². The maximum absolute atomic E-state index is 13.7. The van der Waals surface area contributed by atoms with E-state index in [-0.39, 0.29) is 10.6 Å². The van der Waals surface area contributed by atoms with Crippen LogP contribution >= 0.6 is 11.6 Å². The van der Waals surface area contributed by atoms with E-state index in [4.69, 9.17) is 69.2 Å². The number of unbranched alkanes of at least 4 members (excludes halogenated alkanes) is 1. The summed E-state index contributed by atoms with van der Waals surface area (Å²) in [5.41, 5.74) is -0.0253. The van der Waals surface area contributed by atoms with Gasteiger partial charge in [-0.15, -0.1) is 0 Å². The third-order valence-corrected chi connectivity index (χ3v) is 8.30. The Morgan fingerprint density at radius 3 is 1.78 bits per heavy atom. The first-order valence-corrected chi connectivity index (χ1v) is 17.9. The summed E-state index contributed by atoms with van der Waals surface area (Å²) in [5, 5.41) is 2.61. The van der Waals surface area contributed by atoms with Crippen molar-refractivity contribution in [2.45, 2.75) is 129 Å². The number of amides is 1. The van der Waals surface area contributed by atoms with Crippen LogP contribution in [0.4, 0.5) is 0 Å². The molecule has 0 aromatic heterocycles. The van der Waals surface area contributed by atoms with Crippen LogP contribution in [0, 0.1) is 0 Å². The number of hydrogen-bond donors (Lipinski definition) is 1. The molecule has 2 saturated heterocycles.